The highest BCUT2D eigenvalue weighted by atomic mass is 16.5. The SMILES string of the molecule is CCOC(=O)C1CCCN(C(=O)C(Cc2ccccc2)NC(=O)Nc2ccc(OC)cc2OC)C1. The molecule has 1 saturated heterocycles. The number of nitrogens with one attached hydrogen (secondary N) is 2. The molecule has 9 heteroatoms. The van der Waals surface area contributed by atoms with Gasteiger partial charge in [-0.25, -0.2) is 4.79 Å². The molecule has 2 unspecified atom stereocenters. The molecule has 1 fully saturated rings. The van der Waals surface area contributed by atoms with Crippen LogP contribution >= 0.6 is 0 Å². The van der Waals surface area contributed by atoms with E-state index in [9.17, 15) is 14.4 Å². The van der Waals surface area contributed by atoms with E-state index in [1.54, 1.807) is 37.1 Å². The molecule has 0 saturated carbocycles. The molecule has 2 aromatic rings. The molecule has 1 aliphatic heterocycles. The number of piperidine rings is 1. The van der Waals surface area contributed by atoms with Crippen molar-refractivity contribution in [2.45, 2.75) is 32.2 Å². The monoisotopic (exact) mass is 483 g/mol. The quantitative estimate of drug-likeness (QED) is 0.531. The number of hydrogen-bond acceptors (Lipinski definition) is 6. The molecule has 9 nitrogen and oxygen atoms in total. The van der Waals surface area contributed by atoms with Gasteiger partial charge in [0.25, 0.3) is 0 Å². The average Bonchev–Trinajstić information content (AvgIpc) is 2.89. The first-order chi connectivity index (χ1) is 16.9. The normalized spacial score (nSPS) is 16.1. The number of amides is 3. The van der Waals surface area contributed by atoms with Crippen LogP contribution in [-0.4, -0.2) is 62.8 Å². The van der Waals surface area contributed by atoms with E-state index >= 15 is 0 Å². The third-order valence-corrected chi connectivity index (χ3v) is 5.90. The lowest BCUT2D eigenvalue weighted by Crippen LogP contribution is -2.53. The second-order valence-electron chi connectivity index (χ2n) is 8.28. The number of benzene rings is 2. The summed E-state index contributed by atoms with van der Waals surface area (Å²) in [6, 6.07) is 13.1. The maximum absolute atomic E-state index is 13.5. The van der Waals surface area contributed by atoms with Crippen molar-refractivity contribution >= 4 is 23.6 Å². The molecule has 3 amide bonds. The van der Waals surface area contributed by atoms with E-state index < -0.39 is 12.1 Å². The third-order valence-electron chi connectivity index (χ3n) is 5.90. The second kappa shape index (κ2) is 12.6. The fourth-order valence-corrected chi connectivity index (χ4v) is 4.12. The smallest absolute Gasteiger partial charge is 0.320 e. The summed E-state index contributed by atoms with van der Waals surface area (Å²) in [7, 11) is 3.04. The number of hydrogen-bond donors (Lipinski definition) is 2. The molecule has 0 aliphatic carbocycles. The lowest BCUT2D eigenvalue weighted by Gasteiger charge is -2.34. The maximum atomic E-state index is 13.5. The van der Waals surface area contributed by atoms with Crippen LogP contribution in [0, 0.1) is 5.92 Å². The summed E-state index contributed by atoms with van der Waals surface area (Å²) in [5.74, 6) is 0.133. The molecule has 0 bridgehead atoms. The Labute approximate surface area is 205 Å². The van der Waals surface area contributed by atoms with Gasteiger partial charge in [0.2, 0.25) is 5.91 Å². The highest BCUT2D eigenvalue weighted by Crippen LogP contribution is 2.29. The Morgan fingerprint density at radius 1 is 1.09 bits per heavy atom. The molecule has 1 aliphatic rings. The molecule has 188 valence electrons. The van der Waals surface area contributed by atoms with Gasteiger partial charge < -0.3 is 29.7 Å². The molecule has 0 radical (unpaired) electrons. The minimum absolute atomic E-state index is 0.236. The van der Waals surface area contributed by atoms with Crippen molar-refractivity contribution in [3.8, 4) is 11.5 Å². The maximum Gasteiger partial charge on any atom is 0.320 e. The van der Waals surface area contributed by atoms with Gasteiger partial charge >= 0.3 is 12.0 Å². The Hall–Kier alpha value is -3.75. The van der Waals surface area contributed by atoms with Gasteiger partial charge in [-0.3, -0.25) is 9.59 Å². The van der Waals surface area contributed by atoms with Crippen LogP contribution < -0.4 is 20.1 Å². The number of esters is 1. The van der Waals surface area contributed by atoms with Gasteiger partial charge in [-0.1, -0.05) is 30.3 Å². The van der Waals surface area contributed by atoms with Crippen LogP contribution in [0.25, 0.3) is 0 Å². The fraction of sp³-hybridized carbons (Fsp3) is 0.423. The van der Waals surface area contributed by atoms with Crippen molar-refractivity contribution in [3.63, 3.8) is 0 Å². The predicted octanol–water partition coefficient (Wildman–Crippen LogP) is 3.24. The van der Waals surface area contributed by atoms with Crippen molar-refractivity contribution in [2.75, 3.05) is 39.2 Å². The van der Waals surface area contributed by atoms with Crippen LogP contribution in [0.2, 0.25) is 0 Å². The molecule has 2 N–H and O–H groups in total. The molecule has 2 aromatic carbocycles. The van der Waals surface area contributed by atoms with E-state index in [0.29, 0.717) is 49.6 Å². The first kappa shape index (κ1) is 25.9. The minimum atomic E-state index is -0.817. The zero-order valence-corrected chi connectivity index (χ0v) is 20.4. The number of likely N-dealkylation sites (tertiary alicyclic amines) is 1. The Morgan fingerprint density at radius 3 is 2.54 bits per heavy atom. The molecule has 3 rings (SSSR count). The number of ether oxygens (including phenoxy) is 3. The van der Waals surface area contributed by atoms with Crippen molar-refractivity contribution in [1.29, 1.82) is 0 Å². The predicted molar refractivity (Wildman–Crippen MR) is 132 cm³/mol. The molecule has 35 heavy (non-hydrogen) atoms. The first-order valence-electron chi connectivity index (χ1n) is 11.7. The van der Waals surface area contributed by atoms with E-state index in [-0.39, 0.29) is 24.3 Å². The molecular weight excluding hydrogens is 450 g/mol. The Bertz CT molecular complexity index is 1010. The van der Waals surface area contributed by atoms with Gasteiger partial charge in [0.1, 0.15) is 17.5 Å². The van der Waals surface area contributed by atoms with E-state index in [1.165, 1.54) is 7.11 Å². The Morgan fingerprint density at radius 2 is 1.86 bits per heavy atom. The lowest BCUT2D eigenvalue weighted by molar-refractivity contribution is -0.151. The molecule has 0 aromatic heterocycles. The standard InChI is InChI=1S/C26H33N3O6/c1-4-35-25(31)19-11-8-14-29(17-19)24(30)22(15-18-9-6-5-7-10-18)28-26(32)27-21-13-12-20(33-2)16-23(21)34-3/h5-7,9-10,12-13,16,19,22H,4,8,11,14-15,17H2,1-3H3,(H2,27,28,32). The Kier molecular flexibility index (Phi) is 9.34. The number of nitrogens with zero attached hydrogens (tertiary/aromatic N) is 1. The van der Waals surface area contributed by atoms with Gasteiger partial charge in [-0.05, 0) is 37.5 Å². The number of rotatable bonds is 9. The van der Waals surface area contributed by atoms with Crippen LogP contribution in [0.4, 0.5) is 10.5 Å². The van der Waals surface area contributed by atoms with Crippen LogP contribution in [0.3, 0.4) is 0 Å². The third kappa shape index (κ3) is 7.11. The van der Waals surface area contributed by atoms with Crippen molar-refractivity contribution in [2.24, 2.45) is 5.92 Å². The Balaban J connectivity index is 1.75. The van der Waals surface area contributed by atoms with E-state index in [2.05, 4.69) is 10.6 Å². The second-order valence-corrected chi connectivity index (χ2v) is 8.28. The largest absolute Gasteiger partial charge is 0.497 e. The highest BCUT2D eigenvalue weighted by molar-refractivity contribution is 5.95. The summed E-state index contributed by atoms with van der Waals surface area (Å²) in [6.07, 6.45) is 1.69. The van der Waals surface area contributed by atoms with E-state index in [1.807, 2.05) is 30.3 Å². The number of methoxy groups -OCH3 is 2. The molecule has 1 heterocycles. The summed E-state index contributed by atoms with van der Waals surface area (Å²) in [6.45, 7) is 2.87. The summed E-state index contributed by atoms with van der Waals surface area (Å²) < 4.78 is 15.7. The van der Waals surface area contributed by atoms with E-state index in [4.69, 9.17) is 14.2 Å². The summed E-state index contributed by atoms with van der Waals surface area (Å²) >= 11 is 0. The van der Waals surface area contributed by atoms with Crippen molar-refractivity contribution < 1.29 is 28.6 Å². The lowest BCUT2D eigenvalue weighted by atomic mass is 9.96. The first-order valence-corrected chi connectivity index (χ1v) is 11.7. The summed E-state index contributed by atoms with van der Waals surface area (Å²) in [5, 5.41) is 5.57. The van der Waals surface area contributed by atoms with Gasteiger partial charge in [0.05, 0.1) is 32.4 Å². The highest BCUT2D eigenvalue weighted by Gasteiger charge is 2.33. The van der Waals surface area contributed by atoms with Crippen LogP contribution in [-0.2, 0) is 20.7 Å². The van der Waals surface area contributed by atoms with Gasteiger partial charge in [-0.2, -0.15) is 0 Å². The topological polar surface area (TPSA) is 106 Å². The van der Waals surface area contributed by atoms with Gasteiger partial charge in [0, 0.05) is 25.6 Å². The zero-order chi connectivity index (χ0) is 25.2. The molecular formula is C26H33N3O6. The van der Waals surface area contributed by atoms with Crippen LogP contribution in [0.15, 0.2) is 48.5 Å². The van der Waals surface area contributed by atoms with E-state index in [0.717, 1.165) is 5.56 Å². The number of carbonyl (C=O) groups excluding carboxylic acids is 3. The van der Waals surface area contributed by atoms with Crippen molar-refractivity contribution in [3.05, 3.63) is 54.1 Å². The summed E-state index contributed by atoms with van der Waals surface area (Å²) in [4.78, 5) is 40.3. The fourth-order valence-electron chi connectivity index (χ4n) is 4.12. The van der Waals surface area contributed by atoms with Crippen LogP contribution in [0.5, 0.6) is 11.5 Å². The van der Waals surface area contributed by atoms with Gasteiger partial charge in [0.15, 0.2) is 0 Å². The number of carbonyl (C=O) groups is 3. The summed E-state index contributed by atoms with van der Waals surface area (Å²) in [5.41, 5.74) is 1.35. The van der Waals surface area contributed by atoms with Crippen LogP contribution in [0.1, 0.15) is 25.3 Å². The van der Waals surface area contributed by atoms with Crippen molar-refractivity contribution in [1.82, 2.24) is 10.2 Å². The molecule has 0 spiro atoms. The molecule has 2 atom stereocenters. The average molecular weight is 484 g/mol. The number of urea groups is 1. The number of anilines is 1. The zero-order valence-electron chi connectivity index (χ0n) is 20.4. The van der Waals surface area contributed by atoms with Gasteiger partial charge in [-0.15, -0.1) is 0 Å². The minimum Gasteiger partial charge on any atom is -0.497 e.